The molecule has 0 rings (SSSR count). The Bertz CT molecular complexity index is 154. The van der Waals surface area contributed by atoms with Gasteiger partial charge in [0, 0.05) is 0 Å². The molecule has 0 aliphatic heterocycles. The highest BCUT2D eigenvalue weighted by Crippen LogP contribution is 2.37. The summed E-state index contributed by atoms with van der Waals surface area (Å²) in [7, 11) is 0. The van der Waals surface area contributed by atoms with Crippen molar-refractivity contribution >= 4 is 93.3 Å². The first kappa shape index (κ1) is 17.4. The van der Waals surface area contributed by atoms with E-state index in [4.69, 9.17) is 0 Å². The predicted molar refractivity (Wildman–Crippen MR) is 107 cm³/mol. The second-order valence-corrected chi connectivity index (χ2v) is 51.6. The largest absolute Gasteiger partial charge is 0.253 e. The SMILES string of the molecule is CC[Si](I)(CC)CCCC[Si](I)(I)I. The maximum Gasteiger partial charge on any atom is 0.253 e. The van der Waals surface area contributed by atoms with Gasteiger partial charge in [0.05, 0.1) is 0 Å². The first-order chi connectivity index (χ1) is 6.33. The first-order valence-corrected chi connectivity index (χ1v) is 22.4. The highest BCUT2D eigenvalue weighted by molar-refractivity contribution is 14.4. The molecule has 0 saturated carbocycles. The van der Waals surface area contributed by atoms with Crippen LogP contribution >= 0.6 is 87.2 Å². The van der Waals surface area contributed by atoms with E-state index >= 15 is 0 Å². The number of halogens is 4. The quantitative estimate of drug-likeness (QED) is 0.126. The van der Waals surface area contributed by atoms with Gasteiger partial charge in [0.15, 0.2) is 0 Å². The zero-order valence-corrected chi connectivity index (χ0v) is 19.4. The maximum absolute atomic E-state index is 2.81. The summed E-state index contributed by atoms with van der Waals surface area (Å²) in [5.41, 5.74) is -0.816. The Morgan fingerprint density at radius 1 is 0.786 bits per heavy atom. The standard InChI is InChI=1S/C8H18I4Si2/c1-3-13(9,4-2)7-5-6-8-14(10,11)12/h3-8H2,1-2H3. The third-order valence-corrected chi connectivity index (χ3v) is 18.4. The van der Waals surface area contributed by atoms with Crippen molar-refractivity contribution in [3.05, 3.63) is 0 Å². The molecule has 0 heterocycles. The minimum atomic E-state index is -0.851. The third-order valence-electron chi connectivity index (χ3n) is 2.60. The van der Waals surface area contributed by atoms with Crippen molar-refractivity contribution in [1.29, 1.82) is 0 Å². The van der Waals surface area contributed by atoms with Crippen LogP contribution < -0.4 is 0 Å². The van der Waals surface area contributed by atoms with Gasteiger partial charge in [-0.25, -0.2) is 0 Å². The highest BCUT2D eigenvalue weighted by Gasteiger charge is 2.25. The molecule has 0 aromatic rings. The monoisotopic (exact) mass is 678 g/mol. The molecule has 0 aromatic heterocycles. The van der Waals surface area contributed by atoms with E-state index in [2.05, 4.69) is 101 Å². The zero-order chi connectivity index (χ0) is 11.2. The molecular formula is C8H18I4Si2. The lowest BCUT2D eigenvalue weighted by molar-refractivity contribution is 0.864. The van der Waals surface area contributed by atoms with Gasteiger partial charge in [0.2, 0.25) is 0 Å². The molecule has 0 aromatic carbocycles. The Morgan fingerprint density at radius 3 is 1.57 bits per heavy atom. The summed E-state index contributed by atoms with van der Waals surface area (Å²) in [5, 5.41) is 0. The lowest BCUT2D eigenvalue weighted by Gasteiger charge is -2.21. The average molecular weight is 678 g/mol. The average Bonchev–Trinajstić information content (AvgIpc) is 2.11. The molecule has 0 aliphatic rings. The van der Waals surface area contributed by atoms with Crippen LogP contribution in [0, 0.1) is 0 Å². The van der Waals surface area contributed by atoms with Gasteiger partial charge < -0.3 is 0 Å². The van der Waals surface area contributed by atoms with Crippen molar-refractivity contribution in [3.63, 3.8) is 0 Å². The number of rotatable bonds is 7. The van der Waals surface area contributed by atoms with Crippen molar-refractivity contribution in [2.75, 3.05) is 0 Å². The van der Waals surface area contributed by atoms with Gasteiger partial charge in [-0.3, -0.25) is 0 Å². The van der Waals surface area contributed by atoms with Gasteiger partial charge in [-0.15, -0.1) is 21.8 Å². The number of hydrogen-bond acceptors (Lipinski definition) is 0. The molecule has 14 heavy (non-hydrogen) atoms. The molecule has 0 saturated heterocycles. The van der Waals surface area contributed by atoms with Crippen molar-refractivity contribution < 1.29 is 0 Å². The van der Waals surface area contributed by atoms with Crippen LogP contribution in [-0.2, 0) is 0 Å². The zero-order valence-electron chi connectivity index (χ0n) is 8.75. The molecule has 6 heteroatoms. The molecule has 0 amide bonds. The first-order valence-electron chi connectivity index (χ1n) is 5.08. The van der Waals surface area contributed by atoms with Gasteiger partial charge >= 0.3 is 0 Å². The van der Waals surface area contributed by atoms with E-state index in [-0.39, 0.29) is 0 Å². The predicted octanol–water partition coefficient (Wildman–Crippen LogP) is 6.43. The molecule has 0 spiro atoms. The maximum atomic E-state index is 2.81. The second kappa shape index (κ2) is 8.45. The van der Waals surface area contributed by atoms with E-state index < -0.39 is 6.13 Å². The molecular weight excluding hydrogens is 660 g/mol. The van der Waals surface area contributed by atoms with Crippen LogP contribution in [0.2, 0.25) is 24.2 Å². The van der Waals surface area contributed by atoms with Gasteiger partial charge in [-0.1, -0.05) is 104 Å². The Balaban J connectivity index is 3.63. The van der Waals surface area contributed by atoms with E-state index in [1.165, 1.54) is 31.0 Å². The Hall–Kier alpha value is 3.35. The Kier molecular flexibility index (Phi) is 10.5. The number of hydrogen-bond donors (Lipinski definition) is 0. The van der Waals surface area contributed by atoms with Crippen LogP contribution in [0.5, 0.6) is 0 Å². The lowest BCUT2D eigenvalue weighted by atomic mass is 10.4. The molecule has 0 atom stereocenters. The fraction of sp³-hybridized carbons (Fsp3) is 1.00. The summed E-state index contributed by atoms with van der Waals surface area (Å²) in [6.45, 7) is 4.77. The molecule has 0 nitrogen and oxygen atoms in total. The van der Waals surface area contributed by atoms with Crippen LogP contribution in [0.15, 0.2) is 0 Å². The molecule has 86 valence electrons. The minimum Gasteiger partial charge on any atom is -0.119 e. The van der Waals surface area contributed by atoms with Crippen LogP contribution in [0.1, 0.15) is 26.7 Å². The topological polar surface area (TPSA) is 0 Å². The molecule has 0 aliphatic carbocycles. The van der Waals surface area contributed by atoms with Crippen molar-refractivity contribution in [2.24, 2.45) is 0 Å². The lowest BCUT2D eigenvalue weighted by Crippen LogP contribution is -2.23. The molecule has 0 N–H and O–H groups in total. The van der Waals surface area contributed by atoms with E-state index in [9.17, 15) is 0 Å². The smallest absolute Gasteiger partial charge is 0.119 e. The summed E-state index contributed by atoms with van der Waals surface area (Å²) < 4.78 is -0.851. The Morgan fingerprint density at radius 2 is 1.21 bits per heavy atom. The van der Waals surface area contributed by atoms with Crippen LogP contribution in [-0.4, -0.2) is 6.13 Å². The molecule has 0 bridgehead atoms. The number of unbranched alkanes of at least 4 members (excludes halogenated alkanes) is 1. The molecule has 0 radical (unpaired) electrons. The fourth-order valence-corrected chi connectivity index (χ4v) is 8.69. The van der Waals surface area contributed by atoms with Gasteiger partial charge in [0.25, 0.3) is 0.564 Å². The van der Waals surface area contributed by atoms with Crippen LogP contribution in [0.3, 0.4) is 0 Å². The van der Waals surface area contributed by atoms with E-state index in [1.54, 1.807) is 6.04 Å². The highest BCUT2D eigenvalue weighted by atomic mass is 127. The molecule has 0 unspecified atom stereocenters. The van der Waals surface area contributed by atoms with E-state index in [1.807, 2.05) is 0 Å². The minimum absolute atomic E-state index is 0.816. The van der Waals surface area contributed by atoms with Crippen molar-refractivity contribution in [1.82, 2.24) is 0 Å². The third kappa shape index (κ3) is 9.39. The van der Waals surface area contributed by atoms with Crippen LogP contribution in [0.25, 0.3) is 0 Å². The van der Waals surface area contributed by atoms with Crippen molar-refractivity contribution in [2.45, 2.75) is 50.9 Å². The Labute approximate surface area is 141 Å². The van der Waals surface area contributed by atoms with Gasteiger partial charge in [0.1, 0.15) is 5.57 Å². The summed E-state index contributed by atoms with van der Waals surface area (Å²) >= 11 is 10.8. The van der Waals surface area contributed by atoms with E-state index in [0.29, 0.717) is 0 Å². The fourth-order valence-electron chi connectivity index (χ4n) is 1.37. The summed E-state index contributed by atoms with van der Waals surface area (Å²) in [4.78, 5) is 0. The van der Waals surface area contributed by atoms with Gasteiger partial charge in [-0.2, -0.15) is 0 Å². The van der Waals surface area contributed by atoms with Crippen LogP contribution in [0.4, 0.5) is 0 Å². The summed E-state index contributed by atoms with van der Waals surface area (Å²) in [6.07, 6.45) is 2.96. The molecule has 0 fully saturated rings. The van der Waals surface area contributed by atoms with Gasteiger partial charge in [-0.05, 0) is 12.1 Å². The van der Waals surface area contributed by atoms with Crippen molar-refractivity contribution in [3.8, 4) is 0 Å². The second-order valence-electron chi connectivity index (χ2n) is 3.68. The summed E-state index contributed by atoms with van der Waals surface area (Å²) in [5.74, 6) is 0. The summed E-state index contributed by atoms with van der Waals surface area (Å²) in [6, 6.07) is 5.97. The normalized spacial score (nSPS) is 13.3. The van der Waals surface area contributed by atoms with E-state index in [0.717, 1.165) is 0 Å².